The van der Waals surface area contributed by atoms with Gasteiger partial charge in [0.1, 0.15) is 11.5 Å². The van der Waals surface area contributed by atoms with E-state index in [2.05, 4.69) is 5.32 Å². The Kier molecular flexibility index (Phi) is 6.11. The van der Waals surface area contributed by atoms with E-state index in [-0.39, 0.29) is 24.3 Å². The van der Waals surface area contributed by atoms with Crippen molar-refractivity contribution in [1.29, 1.82) is 0 Å². The zero-order valence-electron chi connectivity index (χ0n) is 16.9. The lowest BCUT2D eigenvalue weighted by Gasteiger charge is -2.19. The monoisotopic (exact) mass is 400 g/mol. The Balaban J connectivity index is 1.73. The van der Waals surface area contributed by atoms with Gasteiger partial charge in [-0.3, -0.25) is 9.59 Å². The second kappa shape index (κ2) is 8.72. The van der Waals surface area contributed by atoms with Crippen LogP contribution in [0, 0.1) is 0 Å². The second-order valence-electron chi connectivity index (χ2n) is 6.48. The van der Waals surface area contributed by atoms with Gasteiger partial charge in [-0.15, -0.1) is 0 Å². The summed E-state index contributed by atoms with van der Waals surface area (Å²) in [5.74, 6) is 1.73. The zero-order chi connectivity index (χ0) is 21.0. The molecule has 0 spiro atoms. The molecule has 0 bridgehead atoms. The van der Waals surface area contributed by atoms with E-state index in [1.54, 1.807) is 62.6 Å². The quantitative estimate of drug-likeness (QED) is 0.767. The molecule has 1 saturated heterocycles. The van der Waals surface area contributed by atoms with E-state index in [1.807, 2.05) is 0 Å². The number of hydrogen-bond donors (Lipinski definition) is 1. The van der Waals surface area contributed by atoms with Gasteiger partial charge in [0, 0.05) is 30.8 Å². The van der Waals surface area contributed by atoms with Gasteiger partial charge in [0.2, 0.25) is 5.91 Å². The number of amides is 2. The molecule has 8 heteroatoms. The fourth-order valence-electron chi connectivity index (χ4n) is 3.30. The summed E-state index contributed by atoms with van der Waals surface area (Å²) < 4.78 is 21.0. The third-order valence-electron chi connectivity index (χ3n) is 4.79. The van der Waals surface area contributed by atoms with Gasteiger partial charge in [0.15, 0.2) is 11.5 Å². The first-order chi connectivity index (χ1) is 14.0. The fourth-order valence-corrected chi connectivity index (χ4v) is 3.30. The lowest BCUT2D eigenvalue weighted by atomic mass is 10.1. The number of nitrogens with zero attached hydrogens (tertiary/aromatic N) is 1. The first-order valence-corrected chi connectivity index (χ1v) is 9.06. The Bertz CT molecular complexity index is 914. The smallest absolute Gasteiger partial charge is 0.255 e. The summed E-state index contributed by atoms with van der Waals surface area (Å²) in [4.78, 5) is 26.9. The molecule has 0 aliphatic carbocycles. The van der Waals surface area contributed by atoms with Crippen molar-refractivity contribution in [3.05, 3.63) is 42.0 Å². The molecule has 8 nitrogen and oxygen atoms in total. The molecule has 3 rings (SSSR count). The summed E-state index contributed by atoms with van der Waals surface area (Å²) in [7, 11) is 6.13. The van der Waals surface area contributed by atoms with Crippen molar-refractivity contribution in [2.75, 3.05) is 39.9 Å². The largest absolute Gasteiger partial charge is 0.497 e. The maximum absolute atomic E-state index is 12.7. The molecule has 1 aliphatic rings. The summed E-state index contributed by atoms with van der Waals surface area (Å²) in [5.41, 5.74) is 1.07. The van der Waals surface area contributed by atoms with Crippen LogP contribution in [0.25, 0.3) is 0 Å². The molecule has 1 aliphatic heterocycles. The van der Waals surface area contributed by atoms with Crippen molar-refractivity contribution in [2.24, 2.45) is 0 Å². The number of benzene rings is 2. The molecule has 29 heavy (non-hydrogen) atoms. The highest BCUT2D eigenvalue weighted by atomic mass is 16.5. The van der Waals surface area contributed by atoms with Crippen LogP contribution in [0.3, 0.4) is 0 Å². The van der Waals surface area contributed by atoms with Crippen LogP contribution in [-0.4, -0.2) is 52.8 Å². The minimum Gasteiger partial charge on any atom is -0.497 e. The number of anilines is 1. The van der Waals surface area contributed by atoms with Crippen LogP contribution in [0.2, 0.25) is 0 Å². The van der Waals surface area contributed by atoms with Crippen molar-refractivity contribution < 1.29 is 28.5 Å². The van der Waals surface area contributed by atoms with Gasteiger partial charge in [-0.2, -0.15) is 0 Å². The van der Waals surface area contributed by atoms with E-state index in [9.17, 15) is 9.59 Å². The SMILES string of the molecule is COc1ccc(C(=O)N[C@H]2CC(=O)N(c3ccc(OC)c(OC)c3)C2)c(OC)c1. The molecule has 2 amide bonds. The molecule has 0 unspecified atom stereocenters. The maximum Gasteiger partial charge on any atom is 0.255 e. The summed E-state index contributed by atoms with van der Waals surface area (Å²) in [6, 6.07) is 9.92. The van der Waals surface area contributed by atoms with E-state index >= 15 is 0 Å². The van der Waals surface area contributed by atoms with E-state index in [0.717, 1.165) is 0 Å². The Morgan fingerprint density at radius 3 is 2.31 bits per heavy atom. The average molecular weight is 400 g/mol. The lowest BCUT2D eigenvalue weighted by molar-refractivity contribution is -0.117. The molecule has 2 aromatic rings. The topological polar surface area (TPSA) is 86.3 Å². The summed E-state index contributed by atoms with van der Waals surface area (Å²) in [6.45, 7) is 0.360. The van der Waals surface area contributed by atoms with Gasteiger partial charge in [-0.1, -0.05) is 0 Å². The van der Waals surface area contributed by atoms with Crippen molar-refractivity contribution in [3.63, 3.8) is 0 Å². The molecule has 0 radical (unpaired) electrons. The highest BCUT2D eigenvalue weighted by molar-refractivity contribution is 6.00. The summed E-state index contributed by atoms with van der Waals surface area (Å²) in [5, 5.41) is 2.91. The average Bonchev–Trinajstić information content (AvgIpc) is 3.12. The number of ether oxygens (including phenoxy) is 4. The highest BCUT2D eigenvalue weighted by Gasteiger charge is 2.32. The first kappa shape index (κ1) is 20.3. The summed E-state index contributed by atoms with van der Waals surface area (Å²) >= 11 is 0. The molecule has 0 saturated carbocycles. The predicted molar refractivity (Wildman–Crippen MR) is 107 cm³/mol. The molecule has 1 N–H and O–H groups in total. The first-order valence-electron chi connectivity index (χ1n) is 9.06. The molecule has 0 aromatic heterocycles. The third-order valence-corrected chi connectivity index (χ3v) is 4.79. The molecule has 154 valence electrons. The van der Waals surface area contributed by atoms with E-state index < -0.39 is 0 Å². The van der Waals surface area contributed by atoms with E-state index in [4.69, 9.17) is 18.9 Å². The van der Waals surface area contributed by atoms with Crippen LogP contribution >= 0.6 is 0 Å². The third kappa shape index (κ3) is 4.21. The van der Waals surface area contributed by atoms with Crippen LogP contribution in [0.4, 0.5) is 5.69 Å². The number of hydrogen-bond acceptors (Lipinski definition) is 6. The fraction of sp³-hybridized carbons (Fsp3) is 0.333. The number of carbonyl (C=O) groups is 2. The van der Waals surface area contributed by atoms with Gasteiger partial charge >= 0.3 is 0 Å². The number of carbonyl (C=O) groups excluding carboxylic acids is 2. The maximum atomic E-state index is 12.7. The molecule has 1 fully saturated rings. The molecular formula is C21H24N2O6. The number of rotatable bonds is 7. The minimum absolute atomic E-state index is 0.0794. The van der Waals surface area contributed by atoms with Crippen molar-refractivity contribution in [1.82, 2.24) is 5.32 Å². The normalized spacial score (nSPS) is 15.8. The number of methoxy groups -OCH3 is 4. The Labute approximate surface area is 169 Å². The van der Waals surface area contributed by atoms with Crippen LogP contribution in [0.5, 0.6) is 23.0 Å². The Morgan fingerprint density at radius 2 is 1.66 bits per heavy atom. The van der Waals surface area contributed by atoms with Crippen molar-refractivity contribution in [3.8, 4) is 23.0 Å². The van der Waals surface area contributed by atoms with Crippen molar-refractivity contribution >= 4 is 17.5 Å². The predicted octanol–water partition coefficient (Wildman–Crippen LogP) is 2.26. The van der Waals surface area contributed by atoms with Crippen LogP contribution in [0.1, 0.15) is 16.8 Å². The van der Waals surface area contributed by atoms with E-state index in [0.29, 0.717) is 40.8 Å². The molecule has 1 heterocycles. The van der Waals surface area contributed by atoms with Crippen LogP contribution < -0.4 is 29.2 Å². The van der Waals surface area contributed by atoms with Crippen LogP contribution in [0.15, 0.2) is 36.4 Å². The number of nitrogens with one attached hydrogen (secondary N) is 1. The molecular weight excluding hydrogens is 376 g/mol. The standard InChI is InChI=1S/C21H24N2O6/c1-26-15-6-7-16(18(11-15)28-3)21(25)22-13-9-20(24)23(12-13)14-5-8-17(27-2)19(10-14)29-4/h5-8,10-11,13H,9,12H2,1-4H3,(H,22,25)/t13-/m0/s1. The van der Waals surface area contributed by atoms with Gasteiger partial charge in [-0.05, 0) is 24.3 Å². The van der Waals surface area contributed by atoms with Gasteiger partial charge in [0.05, 0.1) is 40.0 Å². The molecule has 1 atom stereocenters. The van der Waals surface area contributed by atoms with E-state index in [1.165, 1.54) is 7.11 Å². The van der Waals surface area contributed by atoms with Crippen molar-refractivity contribution in [2.45, 2.75) is 12.5 Å². The Morgan fingerprint density at radius 1 is 0.931 bits per heavy atom. The van der Waals surface area contributed by atoms with Gasteiger partial charge < -0.3 is 29.2 Å². The molecule has 2 aromatic carbocycles. The zero-order valence-corrected chi connectivity index (χ0v) is 16.9. The Hall–Kier alpha value is -3.42. The lowest BCUT2D eigenvalue weighted by Crippen LogP contribution is -2.37. The van der Waals surface area contributed by atoms with Gasteiger partial charge in [0.25, 0.3) is 5.91 Å². The van der Waals surface area contributed by atoms with Crippen LogP contribution in [-0.2, 0) is 4.79 Å². The van der Waals surface area contributed by atoms with Gasteiger partial charge in [-0.25, -0.2) is 0 Å². The minimum atomic E-state index is -0.324. The second-order valence-corrected chi connectivity index (χ2v) is 6.48. The summed E-state index contributed by atoms with van der Waals surface area (Å²) in [6.07, 6.45) is 0.207. The highest BCUT2D eigenvalue weighted by Crippen LogP contribution is 2.33.